The van der Waals surface area contributed by atoms with Crippen LogP contribution in [-0.4, -0.2) is 19.7 Å². The number of aryl methyl sites for hydroxylation is 1. The van der Waals surface area contributed by atoms with E-state index in [9.17, 15) is 0 Å². The third-order valence-corrected chi connectivity index (χ3v) is 4.59. The highest BCUT2D eigenvalue weighted by molar-refractivity contribution is 9.10. The lowest BCUT2D eigenvalue weighted by Crippen LogP contribution is -1.97. The van der Waals surface area contributed by atoms with Crippen LogP contribution in [0.25, 0.3) is 22.6 Å². The summed E-state index contributed by atoms with van der Waals surface area (Å²) in [7, 11) is 1.89. The van der Waals surface area contributed by atoms with Gasteiger partial charge in [0.2, 0.25) is 0 Å². The van der Waals surface area contributed by atoms with Gasteiger partial charge in [0.1, 0.15) is 5.15 Å². The third kappa shape index (κ3) is 2.59. The van der Waals surface area contributed by atoms with Crippen molar-refractivity contribution in [1.29, 1.82) is 0 Å². The van der Waals surface area contributed by atoms with E-state index in [-0.39, 0.29) is 0 Å². The molecule has 0 unspecified atom stereocenters. The molecule has 0 saturated heterocycles. The molecule has 3 aromatic rings. The number of halogens is 2. The molecule has 4 nitrogen and oxygen atoms in total. The standard InChI is InChI=1S/C15H12BrClN4/c1-9-11(8-18-21(9)2)15-19-13(12(16)14(17)20-15)10-6-4-3-5-7-10/h3-8H,1-2H3. The van der Waals surface area contributed by atoms with Gasteiger partial charge in [-0.05, 0) is 22.9 Å². The van der Waals surface area contributed by atoms with Gasteiger partial charge in [-0.3, -0.25) is 4.68 Å². The zero-order valence-corrected chi connectivity index (χ0v) is 13.9. The molecule has 0 aliphatic heterocycles. The van der Waals surface area contributed by atoms with Crippen LogP contribution in [0.4, 0.5) is 0 Å². The molecule has 0 saturated carbocycles. The normalized spacial score (nSPS) is 10.9. The Morgan fingerprint density at radius 2 is 1.86 bits per heavy atom. The predicted molar refractivity (Wildman–Crippen MR) is 87.1 cm³/mol. The van der Waals surface area contributed by atoms with Crippen molar-refractivity contribution < 1.29 is 0 Å². The first-order valence-electron chi connectivity index (χ1n) is 6.35. The number of hydrogen-bond acceptors (Lipinski definition) is 3. The summed E-state index contributed by atoms with van der Waals surface area (Å²) in [5, 5.41) is 4.62. The van der Waals surface area contributed by atoms with Gasteiger partial charge in [-0.15, -0.1) is 0 Å². The Labute approximate surface area is 135 Å². The first-order valence-corrected chi connectivity index (χ1v) is 7.52. The summed E-state index contributed by atoms with van der Waals surface area (Å²) in [5.41, 5.74) is 3.63. The van der Waals surface area contributed by atoms with Crippen LogP contribution in [0, 0.1) is 6.92 Å². The number of benzene rings is 1. The second kappa shape index (κ2) is 5.58. The van der Waals surface area contributed by atoms with Gasteiger partial charge in [-0.25, -0.2) is 9.97 Å². The zero-order chi connectivity index (χ0) is 15.0. The maximum atomic E-state index is 6.25. The van der Waals surface area contributed by atoms with Crippen molar-refractivity contribution in [2.75, 3.05) is 0 Å². The lowest BCUT2D eigenvalue weighted by Gasteiger charge is -2.08. The van der Waals surface area contributed by atoms with Crippen LogP contribution in [0.2, 0.25) is 5.15 Å². The Kier molecular flexibility index (Phi) is 3.78. The van der Waals surface area contributed by atoms with Crippen LogP contribution in [0.5, 0.6) is 0 Å². The predicted octanol–water partition coefficient (Wildman–Crippen LogP) is 4.27. The van der Waals surface area contributed by atoms with E-state index < -0.39 is 0 Å². The van der Waals surface area contributed by atoms with E-state index in [0.29, 0.717) is 15.5 Å². The van der Waals surface area contributed by atoms with Gasteiger partial charge in [0.25, 0.3) is 0 Å². The smallest absolute Gasteiger partial charge is 0.164 e. The third-order valence-electron chi connectivity index (χ3n) is 3.33. The van der Waals surface area contributed by atoms with Crippen molar-refractivity contribution in [3.05, 3.63) is 51.8 Å². The van der Waals surface area contributed by atoms with E-state index >= 15 is 0 Å². The van der Waals surface area contributed by atoms with Gasteiger partial charge in [-0.1, -0.05) is 41.9 Å². The van der Waals surface area contributed by atoms with E-state index in [4.69, 9.17) is 11.6 Å². The molecule has 0 aliphatic rings. The Balaban J connectivity index is 2.21. The van der Waals surface area contributed by atoms with E-state index in [0.717, 1.165) is 22.5 Å². The molecule has 0 bridgehead atoms. The highest BCUT2D eigenvalue weighted by Crippen LogP contribution is 2.33. The average Bonchev–Trinajstić information content (AvgIpc) is 2.83. The van der Waals surface area contributed by atoms with Crippen molar-refractivity contribution in [2.45, 2.75) is 6.92 Å². The molecular formula is C15H12BrClN4. The molecule has 0 fully saturated rings. The molecule has 106 valence electrons. The summed E-state index contributed by atoms with van der Waals surface area (Å²) in [6.07, 6.45) is 1.75. The van der Waals surface area contributed by atoms with Gasteiger partial charge in [0, 0.05) is 18.3 Å². The van der Waals surface area contributed by atoms with E-state index in [1.807, 2.05) is 44.3 Å². The zero-order valence-electron chi connectivity index (χ0n) is 11.5. The molecule has 0 amide bonds. The summed E-state index contributed by atoms with van der Waals surface area (Å²) in [6, 6.07) is 9.87. The second-order valence-electron chi connectivity index (χ2n) is 4.63. The van der Waals surface area contributed by atoms with Gasteiger partial charge in [0.05, 0.1) is 21.9 Å². The Hall–Kier alpha value is -1.72. The number of hydrogen-bond donors (Lipinski definition) is 0. The fourth-order valence-corrected chi connectivity index (χ4v) is 2.62. The van der Waals surface area contributed by atoms with Crippen molar-refractivity contribution in [3.63, 3.8) is 0 Å². The van der Waals surface area contributed by atoms with Gasteiger partial charge in [-0.2, -0.15) is 5.10 Å². The van der Waals surface area contributed by atoms with Crippen LogP contribution < -0.4 is 0 Å². The van der Waals surface area contributed by atoms with Gasteiger partial charge >= 0.3 is 0 Å². The average molecular weight is 364 g/mol. The fraction of sp³-hybridized carbons (Fsp3) is 0.133. The molecule has 6 heteroatoms. The molecule has 0 atom stereocenters. The first kappa shape index (κ1) is 14.2. The molecule has 0 radical (unpaired) electrons. The molecule has 3 rings (SSSR count). The van der Waals surface area contributed by atoms with E-state index in [1.165, 1.54) is 0 Å². The molecule has 21 heavy (non-hydrogen) atoms. The first-order chi connectivity index (χ1) is 10.1. The van der Waals surface area contributed by atoms with Crippen LogP contribution in [0.1, 0.15) is 5.69 Å². The Morgan fingerprint density at radius 3 is 2.48 bits per heavy atom. The van der Waals surface area contributed by atoms with Crippen LogP contribution in [0.3, 0.4) is 0 Å². The largest absolute Gasteiger partial charge is 0.272 e. The summed E-state index contributed by atoms with van der Waals surface area (Å²) in [6.45, 7) is 1.98. The summed E-state index contributed by atoms with van der Waals surface area (Å²) < 4.78 is 2.48. The maximum absolute atomic E-state index is 6.25. The quantitative estimate of drug-likeness (QED) is 0.639. The minimum atomic E-state index is 0.391. The highest BCUT2D eigenvalue weighted by Gasteiger charge is 2.16. The lowest BCUT2D eigenvalue weighted by atomic mass is 10.1. The monoisotopic (exact) mass is 362 g/mol. The van der Waals surface area contributed by atoms with Crippen LogP contribution >= 0.6 is 27.5 Å². The molecule has 2 heterocycles. The number of aromatic nitrogens is 4. The minimum Gasteiger partial charge on any atom is -0.272 e. The number of rotatable bonds is 2. The Bertz CT molecular complexity index is 799. The molecule has 2 aromatic heterocycles. The summed E-state index contributed by atoms with van der Waals surface area (Å²) in [5.74, 6) is 0.577. The number of nitrogens with zero attached hydrogens (tertiary/aromatic N) is 4. The lowest BCUT2D eigenvalue weighted by molar-refractivity contribution is 0.740. The summed E-state index contributed by atoms with van der Waals surface area (Å²) in [4.78, 5) is 9.01. The van der Waals surface area contributed by atoms with Crippen molar-refractivity contribution >= 4 is 27.5 Å². The molecular weight excluding hydrogens is 352 g/mol. The Morgan fingerprint density at radius 1 is 1.14 bits per heavy atom. The highest BCUT2D eigenvalue weighted by atomic mass is 79.9. The van der Waals surface area contributed by atoms with Crippen molar-refractivity contribution in [3.8, 4) is 22.6 Å². The van der Waals surface area contributed by atoms with Crippen molar-refractivity contribution in [2.24, 2.45) is 7.05 Å². The molecule has 0 N–H and O–H groups in total. The van der Waals surface area contributed by atoms with E-state index in [2.05, 4.69) is 31.0 Å². The SMILES string of the molecule is Cc1c(-c2nc(Cl)c(Br)c(-c3ccccc3)n2)cnn1C. The van der Waals surface area contributed by atoms with Crippen LogP contribution in [-0.2, 0) is 7.05 Å². The molecule has 1 aromatic carbocycles. The fourth-order valence-electron chi connectivity index (χ4n) is 2.05. The van der Waals surface area contributed by atoms with E-state index in [1.54, 1.807) is 10.9 Å². The van der Waals surface area contributed by atoms with Crippen molar-refractivity contribution in [1.82, 2.24) is 19.7 Å². The topological polar surface area (TPSA) is 43.6 Å². The maximum Gasteiger partial charge on any atom is 0.164 e. The molecule has 0 spiro atoms. The minimum absolute atomic E-state index is 0.391. The van der Waals surface area contributed by atoms with Gasteiger partial charge in [0.15, 0.2) is 5.82 Å². The second-order valence-corrected chi connectivity index (χ2v) is 5.78. The van der Waals surface area contributed by atoms with Gasteiger partial charge < -0.3 is 0 Å². The summed E-state index contributed by atoms with van der Waals surface area (Å²) >= 11 is 9.72. The molecule has 0 aliphatic carbocycles. The van der Waals surface area contributed by atoms with Crippen LogP contribution in [0.15, 0.2) is 41.0 Å².